The van der Waals surface area contributed by atoms with Crippen LogP contribution in [0.3, 0.4) is 0 Å². The molecule has 3 rings (SSSR count). The van der Waals surface area contributed by atoms with Gasteiger partial charge in [-0.2, -0.15) is 5.10 Å². The molecule has 0 amide bonds. The van der Waals surface area contributed by atoms with Gasteiger partial charge in [-0.15, -0.1) is 0 Å². The second-order valence-corrected chi connectivity index (χ2v) is 4.19. The first-order valence-corrected chi connectivity index (χ1v) is 5.76. The number of rotatable bonds is 2. The summed E-state index contributed by atoms with van der Waals surface area (Å²) in [6.07, 6.45) is 3.11. The fourth-order valence-corrected chi connectivity index (χ4v) is 1.98. The first-order chi connectivity index (χ1) is 9.16. The molecular weight excluding hydrogens is 245 g/mol. The minimum absolute atomic E-state index is 0.0845. The van der Waals surface area contributed by atoms with E-state index in [0.29, 0.717) is 11.2 Å². The first kappa shape index (κ1) is 11.5. The molecule has 19 heavy (non-hydrogen) atoms. The maximum atomic E-state index is 12.9. The van der Waals surface area contributed by atoms with Gasteiger partial charge < -0.3 is 0 Å². The molecule has 0 aliphatic heterocycles. The Morgan fingerprint density at radius 2 is 1.95 bits per heavy atom. The molecule has 2 aromatic heterocycles. The van der Waals surface area contributed by atoms with Crippen molar-refractivity contribution in [1.29, 1.82) is 0 Å². The molecule has 2 heterocycles. The van der Waals surface area contributed by atoms with E-state index in [9.17, 15) is 9.18 Å². The Morgan fingerprint density at radius 3 is 2.63 bits per heavy atom. The van der Waals surface area contributed by atoms with Crippen molar-refractivity contribution in [1.82, 2.24) is 14.6 Å². The summed E-state index contributed by atoms with van der Waals surface area (Å²) in [5.41, 5.74) is 2.56. The second kappa shape index (κ2) is 4.28. The molecule has 0 bridgehead atoms. The highest BCUT2D eigenvalue weighted by atomic mass is 19.1. The van der Waals surface area contributed by atoms with E-state index < -0.39 is 0 Å². The van der Waals surface area contributed by atoms with E-state index in [-0.39, 0.29) is 11.6 Å². The standard InChI is InChI=1S/C14H10FN3O/c1-9(19)12-8-17-18-13(6-7-16-14(12)18)10-2-4-11(15)5-3-10/h2-8H,1H3. The number of carbonyl (C=O) groups is 1. The topological polar surface area (TPSA) is 47.3 Å². The molecule has 1 aromatic carbocycles. The van der Waals surface area contributed by atoms with E-state index in [1.807, 2.05) is 0 Å². The normalized spacial score (nSPS) is 10.8. The number of ketones is 1. The van der Waals surface area contributed by atoms with Crippen molar-refractivity contribution in [3.05, 3.63) is 54.1 Å². The van der Waals surface area contributed by atoms with Crippen LogP contribution in [-0.2, 0) is 0 Å². The molecule has 0 aliphatic carbocycles. The van der Waals surface area contributed by atoms with Crippen molar-refractivity contribution in [2.24, 2.45) is 0 Å². The van der Waals surface area contributed by atoms with Gasteiger partial charge in [0.15, 0.2) is 11.4 Å². The predicted molar refractivity (Wildman–Crippen MR) is 68.4 cm³/mol. The van der Waals surface area contributed by atoms with Crippen LogP contribution in [0.2, 0.25) is 0 Å². The highest BCUT2D eigenvalue weighted by molar-refractivity contribution is 5.99. The summed E-state index contributed by atoms with van der Waals surface area (Å²) in [5, 5.41) is 4.18. The number of carbonyl (C=O) groups excluding carboxylic acids is 1. The van der Waals surface area contributed by atoms with Crippen molar-refractivity contribution in [2.45, 2.75) is 6.92 Å². The lowest BCUT2D eigenvalue weighted by atomic mass is 10.1. The van der Waals surface area contributed by atoms with Crippen LogP contribution in [0.25, 0.3) is 16.9 Å². The molecule has 0 unspecified atom stereocenters. The number of fused-ring (bicyclic) bond motifs is 1. The van der Waals surface area contributed by atoms with Crippen LogP contribution in [0, 0.1) is 5.82 Å². The van der Waals surface area contributed by atoms with Gasteiger partial charge in [0.2, 0.25) is 0 Å². The lowest BCUT2D eigenvalue weighted by Crippen LogP contribution is -1.98. The molecule has 5 heteroatoms. The van der Waals surface area contributed by atoms with Crippen LogP contribution >= 0.6 is 0 Å². The van der Waals surface area contributed by atoms with E-state index in [1.54, 1.807) is 28.9 Å². The second-order valence-electron chi connectivity index (χ2n) is 4.19. The molecule has 3 aromatic rings. The summed E-state index contributed by atoms with van der Waals surface area (Å²) in [5.74, 6) is -0.377. The molecule has 0 fully saturated rings. The van der Waals surface area contributed by atoms with Crippen molar-refractivity contribution < 1.29 is 9.18 Å². The van der Waals surface area contributed by atoms with E-state index >= 15 is 0 Å². The van der Waals surface area contributed by atoms with Crippen LogP contribution in [0.1, 0.15) is 17.3 Å². The van der Waals surface area contributed by atoms with E-state index in [1.165, 1.54) is 25.3 Å². The SMILES string of the molecule is CC(=O)c1cnn2c(-c3ccc(F)cc3)ccnc12. The number of Topliss-reactive ketones (excluding diaryl/α,β-unsaturated/α-hetero) is 1. The summed E-state index contributed by atoms with van der Waals surface area (Å²) in [6.45, 7) is 1.48. The molecule has 0 atom stereocenters. The summed E-state index contributed by atoms with van der Waals surface area (Å²) >= 11 is 0. The highest BCUT2D eigenvalue weighted by Crippen LogP contribution is 2.21. The predicted octanol–water partition coefficient (Wildman–Crippen LogP) is 2.74. The molecule has 0 radical (unpaired) electrons. The average Bonchev–Trinajstić information content (AvgIpc) is 2.83. The first-order valence-electron chi connectivity index (χ1n) is 5.76. The summed E-state index contributed by atoms with van der Waals surface area (Å²) < 4.78 is 14.5. The molecule has 0 saturated heterocycles. The third-order valence-electron chi connectivity index (χ3n) is 2.92. The Balaban J connectivity index is 2.25. The van der Waals surface area contributed by atoms with E-state index in [0.717, 1.165) is 11.3 Å². The van der Waals surface area contributed by atoms with Gasteiger partial charge >= 0.3 is 0 Å². The number of nitrogens with zero attached hydrogens (tertiary/aromatic N) is 3. The molecule has 94 valence electrons. The van der Waals surface area contributed by atoms with Gasteiger partial charge in [0.05, 0.1) is 17.5 Å². The van der Waals surface area contributed by atoms with Gasteiger partial charge in [-0.1, -0.05) is 0 Å². The number of aromatic nitrogens is 3. The van der Waals surface area contributed by atoms with Gasteiger partial charge in [0.25, 0.3) is 0 Å². The number of halogens is 1. The van der Waals surface area contributed by atoms with Gasteiger partial charge in [-0.25, -0.2) is 13.9 Å². The van der Waals surface area contributed by atoms with Gasteiger partial charge in [0.1, 0.15) is 5.82 Å². The summed E-state index contributed by atoms with van der Waals surface area (Å²) in [6, 6.07) is 7.88. The lowest BCUT2D eigenvalue weighted by Gasteiger charge is -2.04. The van der Waals surface area contributed by atoms with E-state index in [4.69, 9.17) is 0 Å². The molecule has 0 aliphatic rings. The maximum Gasteiger partial charge on any atom is 0.166 e. The smallest absolute Gasteiger partial charge is 0.166 e. The number of hydrogen-bond donors (Lipinski definition) is 0. The molecular formula is C14H10FN3O. The monoisotopic (exact) mass is 255 g/mol. The van der Waals surface area contributed by atoms with Crippen molar-refractivity contribution in [3.8, 4) is 11.3 Å². The fourth-order valence-electron chi connectivity index (χ4n) is 1.98. The zero-order chi connectivity index (χ0) is 13.4. The Labute approximate surface area is 108 Å². The number of benzene rings is 1. The zero-order valence-corrected chi connectivity index (χ0v) is 10.2. The van der Waals surface area contributed by atoms with Crippen molar-refractivity contribution in [2.75, 3.05) is 0 Å². The van der Waals surface area contributed by atoms with Crippen LogP contribution in [0.4, 0.5) is 4.39 Å². The minimum Gasteiger partial charge on any atom is -0.294 e. The van der Waals surface area contributed by atoms with Gasteiger partial charge in [-0.05, 0) is 37.3 Å². The maximum absolute atomic E-state index is 12.9. The number of hydrogen-bond acceptors (Lipinski definition) is 3. The largest absolute Gasteiger partial charge is 0.294 e. The Kier molecular flexibility index (Phi) is 2.59. The zero-order valence-electron chi connectivity index (χ0n) is 10.2. The van der Waals surface area contributed by atoms with Crippen LogP contribution in [0.5, 0.6) is 0 Å². The highest BCUT2D eigenvalue weighted by Gasteiger charge is 2.12. The average molecular weight is 255 g/mol. The third kappa shape index (κ3) is 1.89. The van der Waals surface area contributed by atoms with Crippen LogP contribution in [-0.4, -0.2) is 20.4 Å². The Morgan fingerprint density at radius 1 is 1.21 bits per heavy atom. The molecule has 0 saturated carbocycles. The fraction of sp³-hybridized carbons (Fsp3) is 0.0714. The lowest BCUT2D eigenvalue weighted by molar-refractivity contribution is 0.101. The van der Waals surface area contributed by atoms with Crippen LogP contribution < -0.4 is 0 Å². The van der Waals surface area contributed by atoms with E-state index in [2.05, 4.69) is 10.1 Å². The third-order valence-corrected chi connectivity index (χ3v) is 2.92. The molecule has 0 N–H and O–H groups in total. The molecule has 4 nitrogen and oxygen atoms in total. The minimum atomic E-state index is -0.293. The Hall–Kier alpha value is -2.56. The van der Waals surface area contributed by atoms with Crippen molar-refractivity contribution in [3.63, 3.8) is 0 Å². The Bertz CT molecular complexity index is 762. The van der Waals surface area contributed by atoms with Gasteiger partial charge in [0, 0.05) is 11.8 Å². The summed E-state index contributed by atoms with van der Waals surface area (Å²) in [4.78, 5) is 15.6. The van der Waals surface area contributed by atoms with Crippen molar-refractivity contribution >= 4 is 11.4 Å². The molecule has 0 spiro atoms. The quantitative estimate of drug-likeness (QED) is 0.661. The van der Waals surface area contributed by atoms with Gasteiger partial charge in [-0.3, -0.25) is 4.79 Å². The van der Waals surface area contributed by atoms with Crippen LogP contribution in [0.15, 0.2) is 42.7 Å². The summed E-state index contributed by atoms with van der Waals surface area (Å²) in [7, 11) is 0.